The van der Waals surface area contributed by atoms with Crippen molar-refractivity contribution >= 4 is 28.7 Å². The summed E-state index contributed by atoms with van der Waals surface area (Å²) < 4.78 is 5.95. The minimum Gasteiger partial charge on any atom is -0.378 e. The van der Waals surface area contributed by atoms with Gasteiger partial charge in [0.25, 0.3) is 0 Å². The molecule has 1 fully saturated rings. The zero-order valence-electron chi connectivity index (χ0n) is 8.16. The Labute approximate surface area is 97.4 Å². The number of Topliss-reactive ketones (excluding diaryl/α,β-unsaturated/α-hetero) is 1. The Morgan fingerprint density at radius 2 is 2.53 bits per heavy atom. The molecule has 5 heteroatoms. The Hall–Kier alpha value is -0.420. The van der Waals surface area contributed by atoms with E-state index in [4.69, 9.17) is 16.3 Å². The summed E-state index contributed by atoms with van der Waals surface area (Å²) in [7, 11) is 0. The van der Waals surface area contributed by atoms with Gasteiger partial charge in [0, 0.05) is 19.0 Å². The molecule has 0 aliphatic carbocycles. The maximum absolute atomic E-state index is 11.8. The molecule has 1 saturated heterocycles. The largest absolute Gasteiger partial charge is 0.378 e. The van der Waals surface area contributed by atoms with Crippen molar-refractivity contribution in [3.05, 3.63) is 21.3 Å². The number of carbonyl (C=O) groups is 1. The lowest BCUT2D eigenvalue weighted by Gasteiger charge is -2.22. The quantitative estimate of drug-likeness (QED) is 0.828. The number of rotatable bonds is 3. The molecule has 1 aliphatic heterocycles. The van der Waals surface area contributed by atoms with Crippen LogP contribution >= 0.6 is 22.9 Å². The van der Waals surface area contributed by atoms with E-state index in [9.17, 15) is 4.79 Å². The third kappa shape index (κ3) is 3.01. The Kier molecular flexibility index (Phi) is 3.75. The van der Waals surface area contributed by atoms with Crippen LogP contribution < -0.4 is 5.32 Å². The van der Waals surface area contributed by atoms with E-state index in [0.29, 0.717) is 17.4 Å². The normalized spacial score (nSPS) is 21.5. The van der Waals surface area contributed by atoms with Crippen LogP contribution in [-0.4, -0.2) is 31.6 Å². The number of ether oxygens (including phenoxy) is 1. The molecule has 1 aromatic heterocycles. The molecule has 3 nitrogen and oxygen atoms in total. The Bertz CT molecular complexity index is 347. The fourth-order valence-corrected chi connectivity index (χ4v) is 2.53. The van der Waals surface area contributed by atoms with Gasteiger partial charge >= 0.3 is 0 Å². The van der Waals surface area contributed by atoms with E-state index >= 15 is 0 Å². The molecular formula is C10H12ClNO2S. The lowest BCUT2D eigenvalue weighted by molar-refractivity contribution is 0.0677. The first-order valence-corrected chi connectivity index (χ1v) is 6.05. The number of hydrogen-bond acceptors (Lipinski definition) is 4. The van der Waals surface area contributed by atoms with E-state index in [0.717, 1.165) is 18.0 Å². The first-order valence-electron chi connectivity index (χ1n) is 4.85. The van der Waals surface area contributed by atoms with E-state index in [1.165, 1.54) is 11.3 Å². The predicted molar refractivity (Wildman–Crippen MR) is 60.9 cm³/mol. The number of nitrogens with one attached hydrogen (secondary N) is 1. The van der Waals surface area contributed by atoms with Crippen molar-refractivity contribution in [1.82, 2.24) is 5.32 Å². The topological polar surface area (TPSA) is 38.3 Å². The minimum atomic E-state index is 0.134. The number of thiophene rings is 1. The molecule has 1 N–H and O–H groups in total. The smallest absolute Gasteiger partial charge is 0.174 e. The van der Waals surface area contributed by atoms with Crippen LogP contribution in [0.25, 0.3) is 0 Å². The van der Waals surface area contributed by atoms with Crippen LogP contribution in [-0.2, 0) is 4.74 Å². The van der Waals surface area contributed by atoms with Gasteiger partial charge in [-0.2, -0.15) is 0 Å². The summed E-state index contributed by atoms with van der Waals surface area (Å²) in [5.74, 6) is 0.134. The minimum absolute atomic E-state index is 0.134. The van der Waals surface area contributed by atoms with Crippen molar-refractivity contribution in [3.8, 4) is 0 Å². The maximum atomic E-state index is 11.8. The SMILES string of the molecule is O=C(CC1COCCN1)c1ccc(Cl)s1. The Morgan fingerprint density at radius 1 is 1.67 bits per heavy atom. The van der Waals surface area contributed by atoms with Gasteiger partial charge in [-0.3, -0.25) is 4.79 Å². The van der Waals surface area contributed by atoms with Gasteiger partial charge in [0.1, 0.15) is 0 Å². The fraction of sp³-hybridized carbons (Fsp3) is 0.500. The summed E-state index contributed by atoms with van der Waals surface area (Å²) >= 11 is 7.10. The molecule has 0 saturated carbocycles. The van der Waals surface area contributed by atoms with Gasteiger partial charge in [-0.25, -0.2) is 0 Å². The predicted octanol–water partition coefficient (Wildman–Crippen LogP) is 1.96. The van der Waals surface area contributed by atoms with E-state index in [-0.39, 0.29) is 11.8 Å². The highest BCUT2D eigenvalue weighted by Gasteiger charge is 2.18. The molecule has 1 unspecified atom stereocenters. The van der Waals surface area contributed by atoms with Crippen LogP contribution in [0, 0.1) is 0 Å². The van der Waals surface area contributed by atoms with Gasteiger partial charge in [-0.1, -0.05) is 11.6 Å². The Balaban J connectivity index is 1.91. The van der Waals surface area contributed by atoms with Gasteiger partial charge in [-0.05, 0) is 12.1 Å². The molecule has 0 amide bonds. The molecule has 0 radical (unpaired) electrons. The number of carbonyl (C=O) groups excluding carboxylic acids is 1. The molecule has 1 aromatic rings. The van der Waals surface area contributed by atoms with Gasteiger partial charge in [0.05, 0.1) is 22.4 Å². The van der Waals surface area contributed by atoms with Gasteiger partial charge in [0.2, 0.25) is 0 Å². The molecule has 1 aliphatic rings. The molecule has 2 rings (SSSR count). The number of hydrogen-bond donors (Lipinski definition) is 1. The molecule has 0 bridgehead atoms. The van der Waals surface area contributed by atoms with Crippen LogP contribution in [0.2, 0.25) is 4.34 Å². The third-order valence-electron chi connectivity index (χ3n) is 2.28. The van der Waals surface area contributed by atoms with Gasteiger partial charge in [0.15, 0.2) is 5.78 Å². The van der Waals surface area contributed by atoms with Crippen molar-refractivity contribution in [2.75, 3.05) is 19.8 Å². The van der Waals surface area contributed by atoms with Crippen molar-refractivity contribution in [3.63, 3.8) is 0 Å². The van der Waals surface area contributed by atoms with Crippen LogP contribution in [0.15, 0.2) is 12.1 Å². The van der Waals surface area contributed by atoms with Crippen molar-refractivity contribution < 1.29 is 9.53 Å². The molecule has 82 valence electrons. The van der Waals surface area contributed by atoms with Crippen molar-refractivity contribution in [1.29, 1.82) is 0 Å². The summed E-state index contributed by atoms with van der Waals surface area (Å²) in [6.45, 7) is 2.17. The third-order valence-corrected chi connectivity index (χ3v) is 3.55. The van der Waals surface area contributed by atoms with Gasteiger partial charge in [-0.15, -0.1) is 11.3 Å². The zero-order valence-corrected chi connectivity index (χ0v) is 9.74. The van der Waals surface area contributed by atoms with E-state index in [1.54, 1.807) is 12.1 Å². The Morgan fingerprint density at radius 3 is 3.13 bits per heavy atom. The van der Waals surface area contributed by atoms with E-state index in [2.05, 4.69) is 5.32 Å². The van der Waals surface area contributed by atoms with Crippen LogP contribution in [0.5, 0.6) is 0 Å². The molecule has 0 spiro atoms. The number of ketones is 1. The molecule has 2 heterocycles. The number of morpholine rings is 1. The van der Waals surface area contributed by atoms with E-state index < -0.39 is 0 Å². The monoisotopic (exact) mass is 245 g/mol. The van der Waals surface area contributed by atoms with Crippen LogP contribution in [0.4, 0.5) is 0 Å². The standard InChI is InChI=1S/C10H12ClNO2S/c11-10-2-1-9(15-10)8(13)5-7-6-14-4-3-12-7/h1-2,7,12H,3-6H2. The van der Waals surface area contributed by atoms with Crippen molar-refractivity contribution in [2.45, 2.75) is 12.5 Å². The van der Waals surface area contributed by atoms with E-state index in [1.807, 2.05) is 0 Å². The average Bonchev–Trinajstić information content (AvgIpc) is 2.66. The highest BCUT2D eigenvalue weighted by Crippen LogP contribution is 2.23. The zero-order chi connectivity index (χ0) is 10.7. The number of halogens is 1. The first kappa shape index (κ1) is 11.1. The summed E-state index contributed by atoms with van der Waals surface area (Å²) in [6.07, 6.45) is 0.483. The summed E-state index contributed by atoms with van der Waals surface area (Å²) in [5, 5.41) is 3.25. The van der Waals surface area contributed by atoms with Crippen LogP contribution in [0.1, 0.15) is 16.1 Å². The fourth-order valence-electron chi connectivity index (χ4n) is 1.54. The van der Waals surface area contributed by atoms with Crippen LogP contribution in [0.3, 0.4) is 0 Å². The molecule has 1 atom stereocenters. The second kappa shape index (κ2) is 5.07. The maximum Gasteiger partial charge on any atom is 0.174 e. The average molecular weight is 246 g/mol. The highest BCUT2D eigenvalue weighted by molar-refractivity contribution is 7.18. The summed E-state index contributed by atoms with van der Waals surface area (Å²) in [5.41, 5.74) is 0. The second-order valence-electron chi connectivity index (χ2n) is 3.46. The van der Waals surface area contributed by atoms with Crippen molar-refractivity contribution in [2.24, 2.45) is 0 Å². The van der Waals surface area contributed by atoms with Gasteiger partial charge < -0.3 is 10.1 Å². The lowest BCUT2D eigenvalue weighted by atomic mass is 10.1. The highest BCUT2D eigenvalue weighted by atomic mass is 35.5. The molecular weight excluding hydrogens is 234 g/mol. The summed E-state index contributed by atoms with van der Waals surface area (Å²) in [6, 6.07) is 3.68. The lowest BCUT2D eigenvalue weighted by Crippen LogP contribution is -2.42. The molecule has 0 aromatic carbocycles. The molecule has 15 heavy (non-hydrogen) atoms. The summed E-state index contributed by atoms with van der Waals surface area (Å²) in [4.78, 5) is 12.5. The first-order chi connectivity index (χ1) is 7.25. The second-order valence-corrected chi connectivity index (χ2v) is 5.17.